The van der Waals surface area contributed by atoms with E-state index in [1.165, 1.54) is 21.6 Å². The molecule has 0 unspecified atom stereocenters. The minimum atomic E-state index is 1.05. The van der Waals surface area contributed by atoms with Crippen LogP contribution < -0.4 is 0 Å². The smallest absolute Gasteiger partial charge is 0.0237 e. The van der Waals surface area contributed by atoms with Crippen LogP contribution in [0.5, 0.6) is 0 Å². The summed E-state index contributed by atoms with van der Waals surface area (Å²) in [7, 11) is 0. The van der Waals surface area contributed by atoms with Gasteiger partial charge >= 0.3 is 0 Å². The molecule has 0 fully saturated rings. The Labute approximate surface area is 138 Å². The molecule has 3 rings (SSSR count). The first-order chi connectivity index (χ1) is 10.8. The van der Waals surface area contributed by atoms with Gasteiger partial charge in [-0.15, -0.1) is 11.8 Å². The van der Waals surface area contributed by atoms with Gasteiger partial charge in [0, 0.05) is 24.5 Å². The molecule has 114 valence electrons. The predicted molar refractivity (Wildman–Crippen MR) is 97.2 cm³/mol. The second-order valence-electron chi connectivity index (χ2n) is 5.66. The van der Waals surface area contributed by atoms with E-state index in [1.54, 1.807) is 0 Å². The van der Waals surface area contributed by atoms with Crippen molar-refractivity contribution in [2.45, 2.75) is 24.8 Å². The molecule has 0 saturated heterocycles. The van der Waals surface area contributed by atoms with E-state index in [-0.39, 0.29) is 0 Å². The van der Waals surface area contributed by atoms with Gasteiger partial charge in [-0.2, -0.15) is 0 Å². The SMILES string of the molecule is CCSc1ccc(CN2CC=C(c3ccccc3)CC2)cc1. The van der Waals surface area contributed by atoms with Crippen molar-refractivity contribution < 1.29 is 0 Å². The number of benzene rings is 2. The van der Waals surface area contributed by atoms with E-state index in [9.17, 15) is 0 Å². The average molecular weight is 309 g/mol. The van der Waals surface area contributed by atoms with Gasteiger partial charge in [0.15, 0.2) is 0 Å². The number of rotatable bonds is 5. The largest absolute Gasteiger partial charge is 0.295 e. The van der Waals surface area contributed by atoms with Crippen molar-refractivity contribution in [1.29, 1.82) is 0 Å². The van der Waals surface area contributed by atoms with Crippen molar-refractivity contribution in [2.75, 3.05) is 18.8 Å². The highest BCUT2D eigenvalue weighted by molar-refractivity contribution is 7.99. The van der Waals surface area contributed by atoms with Gasteiger partial charge in [-0.05, 0) is 41.0 Å². The summed E-state index contributed by atoms with van der Waals surface area (Å²) in [6.45, 7) is 5.44. The zero-order valence-corrected chi connectivity index (χ0v) is 14.0. The first-order valence-corrected chi connectivity index (χ1v) is 9.02. The maximum atomic E-state index is 2.52. The van der Waals surface area contributed by atoms with Crippen LogP contribution >= 0.6 is 11.8 Å². The average Bonchev–Trinajstić information content (AvgIpc) is 2.58. The van der Waals surface area contributed by atoms with E-state index in [4.69, 9.17) is 0 Å². The monoisotopic (exact) mass is 309 g/mol. The zero-order valence-electron chi connectivity index (χ0n) is 13.2. The van der Waals surface area contributed by atoms with Crippen LogP contribution in [0.1, 0.15) is 24.5 Å². The molecule has 2 aromatic rings. The quantitative estimate of drug-likeness (QED) is 0.708. The molecule has 0 radical (unpaired) electrons. The third-order valence-electron chi connectivity index (χ3n) is 4.08. The molecule has 0 amide bonds. The maximum absolute atomic E-state index is 2.52. The molecule has 0 aromatic heterocycles. The second kappa shape index (κ2) is 7.66. The lowest BCUT2D eigenvalue weighted by atomic mass is 9.99. The molecule has 2 heteroatoms. The van der Waals surface area contributed by atoms with Crippen molar-refractivity contribution in [3.8, 4) is 0 Å². The molecule has 1 heterocycles. The van der Waals surface area contributed by atoms with Crippen molar-refractivity contribution >= 4 is 17.3 Å². The molecule has 0 bridgehead atoms. The van der Waals surface area contributed by atoms with E-state index in [0.717, 1.165) is 31.8 Å². The van der Waals surface area contributed by atoms with Crippen LogP contribution in [0.3, 0.4) is 0 Å². The van der Waals surface area contributed by atoms with Crippen molar-refractivity contribution in [3.63, 3.8) is 0 Å². The molecule has 0 atom stereocenters. The highest BCUT2D eigenvalue weighted by atomic mass is 32.2. The van der Waals surface area contributed by atoms with Crippen LogP contribution in [0.4, 0.5) is 0 Å². The summed E-state index contributed by atoms with van der Waals surface area (Å²) < 4.78 is 0. The summed E-state index contributed by atoms with van der Waals surface area (Å²) >= 11 is 1.90. The first-order valence-electron chi connectivity index (χ1n) is 8.03. The van der Waals surface area contributed by atoms with Gasteiger partial charge in [-0.3, -0.25) is 4.90 Å². The molecule has 1 aliphatic rings. The Hall–Kier alpha value is -1.51. The van der Waals surface area contributed by atoms with Crippen molar-refractivity contribution in [3.05, 3.63) is 71.8 Å². The zero-order chi connectivity index (χ0) is 15.2. The first kappa shape index (κ1) is 15.4. The number of thioether (sulfide) groups is 1. The maximum Gasteiger partial charge on any atom is 0.0237 e. The lowest BCUT2D eigenvalue weighted by Crippen LogP contribution is -2.27. The Kier molecular flexibility index (Phi) is 5.36. The Morgan fingerprint density at radius 1 is 1.00 bits per heavy atom. The second-order valence-corrected chi connectivity index (χ2v) is 6.99. The van der Waals surface area contributed by atoms with Gasteiger partial charge in [0.2, 0.25) is 0 Å². The van der Waals surface area contributed by atoms with E-state index in [1.807, 2.05) is 11.8 Å². The van der Waals surface area contributed by atoms with Crippen molar-refractivity contribution in [1.82, 2.24) is 4.90 Å². The highest BCUT2D eigenvalue weighted by Crippen LogP contribution is 2.23. The molecule has 0 saturated carbocycles. The van der Waals surface area contributed by atoms with E-state index >= 15 is 0 Å². The van der Waals surface area contributed by atoms with Gasteiger partial charge in [0.05, 0.1) is 0 Å². The van der Waals surface area contributed by atoms with Crippen LogP contribution in [0, 0.1) is 0 Å². The van der Waals surface area contributed by atoms with Gasteiger partial charge < -0.3 is 0 Å². The molecule has 0 spiro atoms. The molecule has 2 aromatic carbocycles. The molecule has 1 nitrogen and oxygen atoms in total. The van der Waals surface area contributed by atoms with Gasteiger partial charge in [-0.25, -0.2) is 0 Å². The summed E-state index contributed by atoms with van der Waals surface area (Å²) in [6.07, 6.45) is 3.54. The molecule has 22 heavy (non-hydrogen) atoms. The van der Waals surface area contributed by atoms with Crippen LogP contribution in [0.2, 0.25) is 0 Å². The van der Waals surface area contributed by atoms with Gasteiger partial charge in [0.25, 0.3) is 0 Å². The highest BCUT2D eigenvalue weighted by Gasteiger charge is 2.13. The molecular formula is C20H23NS. The van der Waals surface area contributed by atoms with E-state index < -0.39 is 0 Å². The minimum Gasteiger partial charge on any atom is -0.295 e. The molecular weight excluding hydrogens is 286 g/mol. The number of hydrogen-bond acceptors (Lipinski definition) is 2. The van der Waals surface area contributed by atoms with Gasteiger partial charge in [0.1, 0.15) is 0 Å². The predicted octanol–water partition coefficient (Wildman–Crippen LogP) is 5.09. The summed E-state index contributed by atoms with van der Waals surface area (Å²) in [5, 5.41) is 0. The van der Waals surface area contributed by atoms with E-state index in [0.29, 0.717) is 0 Å². The van der Waals surface area contributed by atoms with Crippen LogP contribution in [0.25, 0.3) is 5.57 Å². The Bertz CT molecular complexity index is 616. The fourth-order valence-corrected chi connectivity index (χ4v) is 3.55. The topological polar surface area (TPSA) is 3.24 Å². The van der Waals surface area contributed by atoms with Gasteiger partial charge in [-0.1, -0.05) is 55.5 Å². The van der Waals surface area contributed by atoms with Crippen LogP contribution in [-0.2, 0) is 6.54 Å². The van der Waals surface area contributed by atoms with Crippen molar-refractivity contribution in [2.24, 2.45) is 0 Å². The fourth-order valence-electron chi connectivity index (χ4n) is 2.89. The molecule has 0 aliphatic carbocycles. The summed E-state index contributed by atoms with van der Waals surface area (Å²) in [5.41, 5.74) is 4.28. The Balaban J connectivity index is 1.58. The van der Waals surface area contributed by atoms with Crippen LogP contribution in [-0.4, -0.2) is 23.7 Å². The minimum absolute atomic E-state index is 1.05. The number of hydrogen-bond donors (Lipinski definition) is 0. The van der Waals surface area contributed by atoms with E-state index in [2.05, 4.69) is 72.5 Å². The lowest BCUT2D eigenvalue weighted by Gasteiger charge is -2.26. The fraction of sp³-hybridized carbons (Fsp3) is 0.300. The molecule has 0 N–H and O–H groups in total. The normalized spacial score (nSPS) is 15.6. The Morgan fingerprint density at radius 2 is 1.77 bits per heavy atom. The molecule has 1 aliphatic heterocycles. The Morgan fingerprint density at radius 3 is 2.41 bits per heavy atom. The third-order valence-corrected chi connectivity index (χ3v) is 4.97. The van der Waals surface area contributed by atoms with Crippen LogP contribution in [0.15, 0.2) is 65.6 Å². The third kappa shape index (κ3) is 4.02. The lowest BCUT2D eigenvalue weighted by molar-refractivity contribution is 0.294. The summed E-state index contributed by atoms with van der Waals surface area (Å²) in [4.78, 5) is 3.89. The standard InChI is InChI=1S/C20H23NS/c1-2-22-20-10-8-17(9-11-20)16-21-14-12-19(13-15-21)18-6-4-3-5-7-18/h3-12H,2,13-16H2,1H3. The summed E-state index contributed by atoms with van der Waals surface area (Å²) in [6, 6.07) is 19.8. The summed E-state index contributed by atoms with van der Waals surface area (Å²) in [5.74, 6) is 1.14. The number of nitrogens with zero attached hydrogens (tertiary/aromatic N) is 1.